The molecular weight excluding hydrogens is 244 g/mol. The summed E-state index contributed by atoms with van der Waals surface area (Å²) >= 11 is 0. The lowest BCUT2D eigenvalue weighted by molar-refractivity contribution is 0.205. The molecule has 0 fully saturated rings. The second-order valence-electron chi connectivity index (χ2n) is 4.37. The van der Waals surface area contributed by atoms with Gasteiger partial charge in [0, 0.05) is 39.1 Å². The summed E-state index contributed by atoms with van der Waals surface area (Å²) in [5, 5.41) is 0. The van der Waals surface area contributed by atoms with Gasteiger partial charge in [-0.25, -0.2) is 4.98 Å². The Hall–Kier alpha value is -1.40. The van der Waals surface area contributed by atoms with Gasteiger partial charge in [-0.15, -0.1) is 0 Å². The standard InChI is InChI=1S/C13H24N4O2/c1-3-7-17-9-6-15-12(13(17)18)16(8-4-5-14)10-11-19-2/h6,9H,3-5,7-8,10-11,14H2,1-2H3. The lowest BCUT2D eigenvalue weighted by Crippen LogP contribution is -2.36. The molecule has 6 heteroatoms. The van der Waals surface area contributed by atoms with E-state index in [0.717, 1.165) is 19.4 Å². The van der Waals surface area contributed by atoms with Crippen molar-refractivity contribution in [1.82, 2.24) is 9.55 Å². The van der Waals surface area contributed by atoms with Crippen molar-refractivity contribution in [2.75, 3.05) is 38.3 Å². The predicted molar refractivity (Wildman–Crippen MR) is 76.5 cm³/mol. The first-order valence-electron chi connectivity index (χ1n) is 6.74. The van der Waals surface area contributed by atoms with Crippen molar-refractivity contribution in [3.63, 3.8) is 0 Å². The summed E-state index contributed by atoms with van der Waals surface area (Å²) in [7, 11) is 1.65. The molecule has 1 aromatic heterocycles. The van der Waals surface area contributed by atoms with Crippen molar-refractivity contribution in [2.45, 2.75) is 26.3 Å². The predicted octanol–water partition coefficient (Wildman–Crippen LogP) is 0.455. The first-order chi connectivity index (χ1) is 9.24. The average molecular weight is 268 g/mol. The van der Waals surface area contributed by atoms with Crippen LogP contribution in [0.4, 0.5) is 5.82 Å². The fourth-order valence-electron chi connectivity index (χ4n) is 1.88. The Morgan fingerprint density at radius 3 is 2.89 bits per heavy atom. The van der Waals surface area contributed by atoms with Crippen LogP contribution in [0.1, 0.15) is 19.8 Å². The lowest BCUT2D eigenvalue weighted by atomic mass is 10.3. The summed E-state index contributed by atoms with van der Waals surface area (Å²) < 4.78 is 6.78. The molecule has 0 bridgehead atoms. The molecule has 0 unspecified atom stereocenters. The van der Waals surface area contributed by atoms with Gasteiger partial charge in [-0.1, -0.05) is 6.92 Å². The molecule has 0 saturated carbocycles. The summed E-state index contributed by atoms with van der Waals surface area (Å²) in [6, 6.07) is 0. The molecule has 0 amide bonds. The zero-order valence-electron chi connectivity index (χ0n) is 11.8. The summed E-state index contributed by atoms with van der Waals surface area (Å²) in [5.41, 5.74) is 5.49. The van der Waals surface area contributed by atoms with Gasteiger partial charge in [0.05, 0.1) is 6.61 Å². The van der Waals surface area contributed by atoms with E-state index in [1.54, 1.807) is 24.1 Å². The highest BCUT2D eigenvalue weighted by atomic mass is 16.5. The summed E-state index contributed by atoms with van der Waals surface area (Å²) in [6.45, 7) is 5.29. The van der Waals surface area contributed by atoms with Gasteiger partial charge in [-0.05, 0) is 19.4 Å². The highest BCUT2D eigenvalue weighted by Gasteiger charge is 2.12. The molecule has 0 aliphatic rings. The molecule has 0 spiro atoms. The van der Waals surface area contributed by atoms with E-state index in [4.69, 9.17) is 10.5 Å². The minimum Gasteiger partial charge on any atom is -0.383 e. The normalized spacial score (nSPS) is 10.7. The number of hydrogen-bond acceptors (Lipinski definition) is 5. The second-order valence-corrected chi connectivity index (χ2v) is 4.37. The number of methoxy groups -OCH3 is 1. The number of hydrogen-bond donors (Lipinski definition) is 1. The Kier molecular flexibility index (Phi) is 7.14. The summed E-state index contributed by atoms with van der Waals surface area (Å²) in [4.78, 5) is 18.5. The minimum absolute atomic E-state index is 0.0440. The molecule has 6 nitrogen and oxygen atoms in total. The molecule has 0 saturated heterocycles. The number of ether oxygens (including phenoxy) is 1. The highest BCUT2D eigenvalue weighted by Crippen LogP contribution is 2.04. The molecule has 0 radical (unpaired) electrons. The van der Waals surface area contributed by atoms with Crippen LogP contribution in [0, 0.1) is 0 Å². The zero-order chi connectivity index (χ0) is 14.1. The van der Waals surface area contributed by atoms with Crippen molar-refractivity contribution in [2.24, 2.45) is 5.73 Å². The lowest BCUT2D eigenvalue weighted by Gasteiger charge is -2.23. The fraction of sp³-hybridized carbons (Fsp3) is 0.692. The number of nitrogens with zero attached hydrogens (tertiary/aromatic N) is 3. The largest absolute Gasteiger partial charge is 0.383 e. The first-order valence-corrected chi connectivity index (χ1v) is 6.74. The number of aromatic nitrogens is 2. The van der Waals surface area contributed by atoms with Crippen molar-refractivity contribution in [3.8, 4) is 0 Å². The Morgan fingerprint density at radius 1 is 1.47 bits per heavy atom. The third kappa shape index (κ3) is 4.65. The smallest absolute Gasteiger partial charge is 0.293 e. The van der Waals surface area contributed by atoms with Gasteiger partial charge in [-0.3, -0.25) is 4.79 Å². The maximum absolute atomic E-state index is 12.3. The van der Waals surface area contributed by atoms with Gasteiger partial charge >= 0.3 is 0 Å². The third-order valence-corrected chi connectivity index (χ3v) is 2.86. The van der Waals surface area contributed by atoms with E-state index in [2.05, 4.69) is 4.98 Å². The van der Waals surface area contributed by atoms with Crippen molar-refractivity contribution in [3.05, 3.63) is 22.7 Å². The van der Waals surface area contributed by atoms with Gasteiger partial charge in [0.1, 0.15) is 0 Å². The van der Waals surface area contributed by atoms with E-state index in [9.17, 15) is 4.79 Å². The second kappa shape index (κ2) is 8.66. The van der Waals surface area contributed by atoms with E-state index < -0.39 is 0 Å². The highest BCUT2D eigenvalue weighted by molar-refractivity contribution is 5.35. The Morgan fingerprint density at radius 2 is 2.26 bits per heavy atom. The molecule has 19 heavy (non-hydrogen) atoms. The Bertz CT molecular complexity index is 411. The van der Waals surface area contributed by atoms with E-state index in [0.29, 0.717) is 32.1 Å². The van der Waals surface area contributed by atoms with Gasteiger partial charge in [0.15, 0.2) is 5.82 Å². The maximum atomic E-state index is 12.3. The van der Waals surface area contributed by atoms with E-state index in [1.165, 1.54) is 0 Å². The molecule has 2 N–H and O–H groups in total. The van der Waals surface area contributed by atoms with Crippen LogP contribution in [-0.4, -0.2) is 42.9 Å². The molecule has 1 heterocycles. The van der Waals surface area contributed by atoms with E-state index in [1.807, 2.05) is 11.8 Å². The number of aryl methyl sites for hydroxylation is 1. The van der Waals surface area contributed by atoms with E-state index in [-0.39, 0.29) is 5.56 Å². The molecule has 0 aromatic carbocycles. The Balaban J connectivity index is 2.93. The van der Waals surface area contributed by atoms with Gasteiger partial charge in [-0.2, -0.15) is 0 Å². The van der Waals surface area contributed by atoms with Crippen LogP contribution < -0.4 is 16.2 Å². The van der Waals surface area contributed by atoms with E-state index >= 15 is 0 Å². The van der Waals surface area contributed by atoms with Crippen LogP contribution >= 0.6 is 0 Å². The van der Waals surface area contributed by atoms with Crippen molar-refractivity contribution < 1.29 is 4.74 Å². The number of nitrogens with two attached hydrogens (primary N) is 1. The molecule has 108 valence electrons. The van der Waals surface area contributed by atoms with Gasteiger partial charge in [0.25, 0.3) is 5.56 Å². The quantitative estimate of drug-likeness (QED) is 0.704. The maximum Gasteiger partial charge on any atom is 0.293 e. The van der Waals surface area contributed by atoms with Crippen LogP contribution in [0.15, 0.2) is 17.2 Å². The zero-order valence-corrected chi connectivity index (χ0v) is 11.8. The monoisotopic (exact) mass is 268 g/mol. The van der Waals surface area contributed by atoms with Crippen LogP contribution in [0.3, 0.4) is 0 Å². The van der Waals surface area contributed by atoms with Crippen LogP contribution in [0.2, 0.25) is 0 Å². The molecule has 1 aromatic rings. The average Bonchev–Trinajstić information content (AvgIpc) is 2.42. The first kappa shape index (κ1) is 15.7. The molecular formula is C13H24N4O2. The third-order valence-electron chi connectivity index (χ3n) is 2.86. The number of anilines is 1. The topological polar surface area (TPSA) is 73.4 Å². The molecule has 1 rings (SSSR count). The Labute approximate surface area is 114 Å². The fourth-order valence-corrected chi connectivity index (χ4v) is 1.88. The summed E-state index contributed by atoms with van der Waals surface area (Å²) in [5.74, 6) is 0.487. The van der Waals surface area contributed by atoms with Crippen molar-refractivity contribution >= 4 is 5.82 Å². The molecule has 0 aliphatic heterocycles. The molecule has 0 aliphatic carbocycles. The minimum atomic E-state index is -0.0440. The van der Waals surface area contributed by atoms with Gasteiger partial charge < -0.3 is 19.9 Å². The number of rotatable bonds is 9. The van der Waals surface area contributed by atoms with Crippen LogP contribution in [-0.2, 0) is 11.3 Å². The van der Waals surface area contributed by atoms with Gasteiger partial charge in [0.2, 0.25) is 0 Å². The van der Waals surface area contributed by atoms with Crippen LogP contribution in [0.25, 0.3) is 0 Å². The van der Waals surface area contributed by atoms with Crippen LogP contribution in [0.5, 0.6) is 0 Å². The van der Waals surface area contributed by atoms with Crippen molar-refractivity contribution in [1.29, 1.82) is 0 Å². The summed E-state index contributed by atoms with van der Waals surface area (Å²) in [6.07, 6.45) is 5.15. The molecule has 0 atom stereocenters. The SMILES string of the molecule is CCCn1ccnc(N(CCCN)CCOC)c1=O.